The van der Waals surface area contributed by atoms with Crippen molar-refractivity contribution in [3.05, 3.63) is 35.9 Å². The highest BCUT2D eigenvalue weighted by atomic mass is 16.3. The molecule has 0 fully saturated rings. The summed E-state index contributed by atoms with van der Waals surface area (Å²) in [6, 6.07) is 11.2. The number of rotatable bonds is 6. The third-order valence-electron chi connectivity index (χ3n) is 3.48. The van der Waals surface area contributed by atoms with Crippen LogP contribution in [0, 0.1) is 5.41 Å². The zero-order valence-corrected chi connectivity index (χ0v) is 12.1. The normalized spacial score (nSPS) is 15.4. The predicted molar refractivity (Wildman–Crippen MR) is 77.6 cm³/mol. The van der Waals surface area contributed by atoms with Gasteiger partial charge in [-0.25, -0.2) is 0 Å². The SMILES string of the molecule is CCC(NC(CCO)C(C)(C)C)c1ccccc1. The van der Waals surface area contributed by atoms with Crippen molar-refractivity contribution in [3.8, 4) is 0 Å². The van der Waals surface area contributed by atoms with Gasteiger partial charge in [-0.15, -0.1) is 0 Å². The molecule has 0 aliphatic rings. The van der Waals surface area contributed by atoms with E-state index in [4.69, 9.17) is 0 Å². The fourth-order valence-electron chi connectivity index (χ4n) is 2.27. The van der Waals surface area contributed by atoms with Crippen LogP contribution in [0.1, 0.15) is 52.1 Å². The van der Waals surface area contributed by atoms with Crippen molar-refractivity contribution in [1.29, 1.82) is 0 Å². The Kier molecular flexibility index (Phi) is 5.83. The third kappa shape index (κ3) is 4.43. The molecule has 0 heterocycles. The molecule has 2 unspecified atom stereocenters. The second-order valence-corrected chi connectivity index (χ2v) is 5.97. The Hall–Kier alpha value is -0.860. The van der Waals surface area contributed by atoms with Crippen molar-refractivity contribution < 1.29 is 5.11 Å². The summed E-state index contributed by atoms with van der Waals surface area (Å²) in [6.07, 6.45) is 1.86. The average Bonchev–Trinajstić information content (AvgIpc) is 2.34. The van der Waals surface area contributed by atoms with E-state index in [1.807, 2.05) is 6.07 Å². The largest absolute Gasteiger partial charge is 0.396 e. The molecule has 0 saturated carbocycles. The van der Waals surface area contributed by atoms with Crippen LogP contribution in [0.3, 0.4) is 0 Å². The first-order valence-corrected chi connectivity index (χ1v) is 6.91. The second kappa shape index (κ2) is 6.91. The molecule has 0 bridgehead atoms. The first kappa shape index (κ1) is 15.2. The van der Waals surface area contributed by atoms with Crippen LogP contribution in [0.5, 0.6) is 0 Å². The maximum Gasteiger partial charge on any atom is 0.0446 e. The maximum absolute atomic E-state index is 9.22. The summed E-state index contributed by atoms with van der Waals surface area (Å²) >= 11 is 0. The molecule has 1 aromatic carbocycles. The van der Waals surface area contributed by atoms with E-state index < -0.39 is 0 Å². The second-order valence-electron chi connectivity index (χ2n) is 5.97. The first-order chi connectivity index (χ1) is 8.49. The summed E-state index contributed by atoms with van der Waals surface area (Å²) in [5.74, 6) is 0. The van der Waals surface area contributed by atoms with Crippen LogP contribution in [-0.2, 0) is 0 Å². The van der Waals surface area contributed by atoms with Crippen LogP contribution >= 0.6 is 0 Å². The fourth-order valence-corrected chi connectivity index (χ4v) is 2.27. The monoisotopic (exact) mass is 249 g/mol. The Morgan fingerprint density at radius 2 is 1.78 bits per heavy atom. The summed E-state index contributed by atoms with van der Waals surface area (Å²) in [7, 11) is 0. The number of hydrogen-bond donors (Lipinski definition) is 2. The van der Waals surface area contributed by atoms with Gasteiger partial charge in [0.2, 0.25) is 0 Å². The van der Waals surface area contributed by atoms with Gasteiger partial charge in [-0.1, -0.05) is 58.0 Å². The summed E-state index contributed by atoms with van der Waals surface area (Å²) in [6.45, 7) is 9.09. The Balaban J connectivity index is 2.77. The van der Waals surface area contributed by atoms with Crippen LogP contribution < -0.4 is 5.32 Å². The van der Waals surface area contributed by atoms with Crippen LogP contribution in [-0.4, -0.2) is 17.8 Å². The molecular formula is C16H27NO. The molecule has 2 heteroatoms. The lowest BCUT2D eigenvalue weighted by Crippen LogP contribution is -2.42. The number of aliphatic hydroxyl groups is 1. The topological polar surface area (TPSA) is 32.3 Å². The van der Waals surface area contributed by atoms with Gasteiger partial charge < -0.3 is 10.4 Å². The lowest BCUT2D eigenvalue weighted by Gasteiger charge is -2.35. The van der Waals surface area contributed by atoms with E-state index in [9.17, 15) is 5.11 Å². The van der Waals surface area contributed by atoms with E-state index in [-0.39, 0.29) is 12.0 Å². The lowest BCUT2D eigenvalue weighted by molar-refractivity contribution is 0.184. The highest BCUT2D eigenvalue weighted by Crippen LogP contribution is 2.26. The highest BCUT2D eigenvalue weighted by Gasteiger charge is 2.26. The minimum absolute atomic E-state index is 0.158. The summed E-state index contributed by atoms with van der Waals surface area (Å²) in [4.78, 5) is 0. The van der Waals surface area contributed by atoms with E-state index in [1.165, 1.54) is 5.56 Å². The van der Waals surface area contributed by atoms with Gasteiger partial charge in [0.15, 0.2) is 0 Å². The van der Waals surface area contributed by atoms with Crippen molar-refractivity contribution in [1.82, 2.24) is 5.32 Å². The zero-order chi connectivity index (χ0) is 13.6. The average molecular weight is 249 g/mol. The van der Waals surface area contributed by atoms with Gasteiger partial charge in [-0.05, 0) is 23.8 Å². The zero-order valence-electron chi connectivity index (χ0n) is 12.1. The van der Waals surface area contributed by atoms with E-state index >= 15 is 0 Å². The maximum atomic E-state index is 9.22. The fraction of sp³-hybridized carbons (Fsp3) is 0.625. The molecule has 0 aromatic heterocycles. The number of nitrogens with one attached hydrogen (secondary N) is 1. The van der Waals surface area contributed by atoms with Gasteiger partial charge in [-0.2, -0.15) is 0 Å². The molecule has 0 aliphatic carbocycles. The van der Waals surface area contributed by atoms with Gasteiger partial charge in [0.25, 0.3) is 0 Å². The molecule has 102 valence electrons. The Labute approximate surface area is 111 Å². The molecule has 0 radical (unpaired) electrons. The number of benzene rings is 1. The molecule has 2 N–H and O–H groups in total. The Bertz CT molecular complexity index is 329. The van der Waals surface area contributed by atoms with Crippen molar-refractivity contribution >= 4 is 0 Å². The molecule has 18 heavy (non-hydrogen) atoms. The summed E-state index contributed by atoms with van der Waals surface area (Å²) in [5.41, 5.74) is 1.48. The predicted octanol–water partition coefficient (Wildman–Crippen LogP) is 3.52. The van der Waals surface area contributed by atoms with Crippen molar-refractivity contribution in [3.63, 3.8) is 0 Å². The molecule has 0 saturated heterocycles. The van der Waals surface area contributed by atoms with E-state index in [0.29, 0.717) is 12.1 Å². The number of hydrogen-bond acceptors (Lipinski definition) is 2. The number of aliphatic hydroxyl groups excluding tert-OH is 1. The molecule has 1 aromatic rings. The standard InChI is InChI=1S/C16H27NO/c1-5-14(13-9-7-6-8-10-13)17-15(11-12-18)16(2,3)4/h6-10,14-15,17-18H,5,11-12H2,1-4H3. The molecule has 2 nitrogen and oxygen atoms in total. The smallest absolute Gasteiger partial charge is 0.0446 e. The summed E-state index contributed by atoms with van der Waals surface area (Å²) < 4.78 is 0. The molecule has 0 aliphatic heterocycles. The third-order valence-corrected chi connectivity index (χ3v) is 3.48. The Morgan fingerprint density at radius 3 is 2.22 bits per heavy atom. The van der Waals surface area contributed by atoms with Gasteiger partial charge in [0, 0.05) is 18.7 Å². The van der Waals surface area contributed by atoms with Crippen LogP contribution in [0.15, 0.2) is 30.3 Å². The minimum atomic E-state index is 0.158. The molecule has 0 amide bonds. The lowest BCUT2D eigenvalue weighted by atomic mass is 9.84. The quantitative estimate of drug-likeness (QED) is 0.808. The van der Waals surface area contributed by atoms with Crippen LogP contribution in [0.25, 0.3) is 0 Å². The molecule has 1 rings (SSSR count). The van der Waals surface area contributed by atoms with Crippen molar-refractivity contribution in [2.75, 3.05) is 6.61 Å². The highest BCUT2D eigenvalue weighted by molar-refractivity contribution is 5.19. The van der Waals surface area contributed by atoms with Crippen molar-refractivity contribution in [2.45, 2.75) is 52.6 Å². The van der Waals surface area contributed by atoms with Crippen LogP contribution in [0.4, 0.5) is 0 Å². The first-order valence-electron chi connectivity index (χ1n) is 6.91. The van der Waals surface area contributed by atoms with E-state index in [2.05, 4.69) is 57.3 Å². The Morgan fingerprint density at radius 1 is 1.17 bits per heavy atom. The van der Waals surface area contributed by atoms with E-state index in [0.717, 1.165) is 12.8 Å². The molecule has 2 atom stereocenters. The van der Waals surface area contributed by atoms with Gasteiger partial charge in [0.05, 0.1) is 0 Å². The molecular weight excluding hydrogens is 222 g/mol. The summed E-state index contributed by atoms with van der Waals surface area (Å²) in [5, 5.41) is 12.9. The van der Waals surface area contributed by atoms with Crippen LogP contribution in [0.2, 0.25) is 0 Å². The minimum Gasteiger partial charge on any atom is -0.396 e. The van der Waals surface area contributed by atoms with Gasteiger partial charge >= 0.3 is 0 Å². The van der Waals surface area contributed by atoms with Gasteiger partial charge in [-0.3, -0.25) is 0 Å². The van der Waals surface area contributed by atoms with Gasteiger partial charge in [0.1, 0.15) is 0 Å². The van der Waals surface area contributed by atoms with E-state index in [1.54, 1.807) is 0 Å². The molecule has 0 spiro atoms. The van der Waals surface area contributed by atoms with Crippen molar-refractivity contribution in [2.24, 2.45) is 5.41 Å².